The lowest BCUT2D eigenvalue weighted by molar-refractivity contribution is -0.385. The van der Waals surface area contributed by atoms with E-state index in [1.807, 2.05) is 0 Å². The van der Waals surface area contributed by atoms with Crippen molar-refractivity contribution < 1.29 is 24.4 Å². The lowest BCUT2D eigenvalue weighted by atomic mass is 10.1. The number of carboxylic acid groups (broad SMARTS) is 1. The van der Waals surface area contributed by atoms with Gasteiger partial charge in [0, 0.05) is 18.2 Å². The summed E-state index contributed by atoms with van der Waals surface area (Å²) in [5.74, 6) is -1.26. The quantitative estimate of drug-likeness (QED) is 0.622. The van der Waals surface area contributed by atoms with Crippen LogP contribution in [0.3, 0.4) is 0 Å². The molecule has 22 heavy (non-hydrogen) atoms. The van der Waals surface area contributed by atoms with Crippen LogP contribution in [0.2, 0.25) is 0 Å². The van der Waals surface area contributed by atoms with Gasteiger partial charge in [-0.25, -0.2) is 9.59 Å². The Balaban J connectivity index is 2.74. The molecule has 0 radical (unpaired) electrons. The Morgan fingerprint density at radius 3 is 2.50 bits per heavy atom. The van der Waals surface area contributed by atoms with Gasteiger partial charge >= 0.3 is 12.1 Å². The van der Waals surface area contributed by atoms with Crippen LogP contribution in [-0.2, 0) is 16.0 Å². The van der Waals surface area contributed by atoms with Gasteiger partial charge in [-0.3, -0.25) is 15.1 Å². The van der Waals surface area contributed by atoms with E-state index in [2.05, 4.69) is 10.3 Å². The van der Waals surface area contributed by atoms with Crippen molar-refractivity contribution in [2.75, 3.05) is 0 Å². The number of carbonyl (C=O) groups excluding carboxylic acids is 1. The van der Waals surface area contributed by atoms with Gasteiger partial charge in [0.2, 0.25) is 0 Å². The summed E-state index contributed by atoms with van der Waals surface area (Å²) in [5, 5.41) is 21.9. The number of carboxylic acids is 1. The standard InChI is InChI=1S/C13H17N3O6/c1-13(2,3)22-12(19)15-10(11(17)18)6-8-4-5-9(7-14-8)16(20)21/h4-5,7,10H,6H2,1-3H3,(H,15,19)(H,17,18)/t10-/m0/s1. The van der Waals surface area contributed by atoms with Gasteiger partial charge in [0.1, 0.15) is 17.8 Å². The number of aliphatic carboxylic acids is 1. The second-order valence-corrected chi connectivity index (χ2v) is 5.51. The summed E-state index contributed by atoms with van der Waals surface area (Å²) in [6.07, 6.45) is 0.0516. The average Bonchev–Trinajstić information content (AvgIpc) is 2.36. The number of amides is 1. The summed E-state index contributed by atoms with van der Waals surface area (Å²) in [7, 11) is 0. The topological polar surface area (TPSA) is 132 Å². The highest BCUT2D eigenvalue weighted by Gasteiger charge is 2.24. The summed E-state index contributed by atoms with van der Waals surface area (Å²) >= 11 is 0. The number of aromatic nitrogens is 1. The van der Waals surface area contributed by atoms with E-state index in [-0.39, 0.29) is 12.1 Å². The molecule has 0 bridgehead atoms. The maximum Gasteiger partial charge on any atom is 0.408 e. The second kappa shape index (κ2) is 6.83. The monoisotopic (exact) mass is 311 g/mol. The molecule has 0 aliphatic heterocycles. The van der Waals surface area contributed by atoms with E-state index in [0.717, 1.165) is 6.20 Å². The molecule has 0 aliphatic carbocycles. The molecular weight excluding hydrogens is 294 g/mol. The van der Waals surface area contributed by atoms with Crippen LogP contribution in [-0.4, -0.2) is 38.7 Å². The average molecular weight is 311 g/mol. The molecule has 0 fully saturated rings. The molecule has 9 nitrogen and oxygen atoms in total. The Morgan fingerprint density at radius 2 is 2.09 bits per heavy atom. The van der Waals surface area contributed by atoms with E-state index in [9.17, 15) is 19.7 Å². The number of nitrogens with zero attached hydrogens (tertiary/aromatic N) is 2. The summed E-state index contributed by atoms with van der Waals surface area (Å²) in [6, 6.07) is 1.31. The van der Waals surface area contributed by atoms with E-state index in [1.54, 1.807) is 20.8 Å². The molecule has 1 aromatic rings. The summed E-state index contributed by atoms with van der Waals surface area (Å²) in [4.78, 5) is 36.5. The van der Waals surface area contributed by atoms with Gasteiger partial charge in [-0.05, 0) is 26.8 Å². The molecule has 1 amide bonds. The summed E-state index contributed by atoms with van der Waals surface area (Å²) in [5.41, 5.74) is -0.650. The van der Waals surface area contributed by atoms with Crippen LogP contribution in [0, 0.1) is 10.1 Å². The highest BCUT2D eigenvalue weighted by Crippen LogP contribution is 2.11. The Kier molecular flexibility index (Phi) is 5.39. The van der Waals surface area contributed by atoms with Gasteiger partial charge in [0.25, 0.3) is 5.69 Å². The fraction of sp³-hybridized carbons (Fsp3) is 0.462. The van der Waals surface area contributed by atoms with Crippen molar-refractivity contribution in [1.29, 1.82) is 0 Å². The van der Waals surface area contributed by atoms with Gasteiger partial charge in [-0.15, -0.1) is 0 Å². The fourth-order valence-electron chi connectivity index (χ4n) is 1.50. The zero-order valence-electron chi connectivity index (χ0n) is 12.4. The Labute approximate surface area is 126 Å². The van der Waals surface area contributed by atoms with E-state index >= 15 is 0 Å². The van der Waals surface area contributed by atoms with Crippen LogP contribution in [0.25, 0.3) is 0 Å². The molecule has 9 heteroatoms. The van der Waals surface area contributed by atoms with Crippen LogP contribution in [0.4, 0.5) is 10.5 Å². The zero-order chi connectivity index (χ0) is 16.9. The number of carbonyl (C=O) groups is 2. The first kappa shape index (κ1) is 17.3. The van der Waals surface area contributed by atoms with Gasteiger partial charge in [-0.2, -0.15) is 0 Å². The number of nitrogens with one attached hydrogen (secondary N) is 1. The third-order valence-corrected chi connectivity index (χ3v) is 2.42. The molecule has 0 saturated heterocycles. The number of ether oxygens (including phenoxy) is 1. The summed E-state index contributed by atoms with van der Waals surface area (Å²) < 4.78 is 4.98. The smallest absolute Gasteiger partial charge is 0.408 e. The normalized spacial score (nSPS) is 12.3. The first-order valence-corrected chi connectivity index (χ1v) is 6.40. The Hall–Kier alpha value is -2.71. The van der Waals surface area contributed by atoms with Crippen LogP contribution in [0.1, 0.15) is 26.5 Å². The highest BCUT2D eigenvalue weighted by atomic mass is 16.6. The Bertz CT molecular complexity index is 564. The lowest BCUT2D eigenvalue weighted by Crippen LogP contribution is -2.44. The number of hydrogen-bond acceptors (Lipinski definition) is 6. The molecule has 0 unspecified atom stereocenters. The molecule has 2 N–H and O–H groups in total. The van der Waals surface area contributed by atoms with E-state index in [0.29, 0.717) is 5.69 Å². The minimum absolute atomic E-state index is 0.118. The first-order chi connectivity index (χ1) is 10.1. The third kappa shape index (κ3) is 5.73. The Morgan fingerprint density at radius 1 is 1.45 bits per heavy atom. The van der Waals surface area contributed by atoms with Crippen LogP contribution >= 0.6 is 0 Å². The molecule has 1 aromatic heterocycles. The molecule has 1 rings (SSSR count). The molecule has 1 atom stereocenters. The van der Waals surface area contributed by atoms with E-state index in [1.165, 1.54) is 12.1 Å². The number of hydrogen-bond donors (Lipinski definition) is 2. The second-order valence-electron chi connectivity index (χ2n) is 5.51. The molecule has 0 aliphatic rings. The van der Waals surface area contributed by atoms with Crippen molar-refractivity contribution in [3.63, 3.8) is 0 Å². The van der Waals surface area contributed by atoms with Crippen molar-refractivity contribution >= 4 is 17.7 Å². The van der Waals surface area contributed by atoms with Crippen molar-refractivity contribution in [3.05, 3.63) is 34.1 Å². The van der Waals surface area contributed by atoms with E-state index < -0.39 is 28.6 Å². The first-order valence-electron chi connectivity index (χ1n) is 6.40. The molecule has 0 aromatic carbocycles. The van der Waals surface area contributed by atoms with Gasteiger partial charge in [-0.1, -0.05) is 0 Å². The minimum atomic E-state index is -1.26. The van der Waals surface area contributed by atoms with Crippen LogP contribution in [0.5, 0.6) is 0 Å². The predicted molar refractivity (Wildman–Crippen MR) is 75.4 cm³/mol. The highest BCUT2D eigenvalue weighted by molar-refractivity contribution is 5.80. The maximum absolute atomic E-state index is 11.6. The lowest BCUT2D eigenvalue weighted by Gasteiger charge is -2.21. The number of pyridine rings is 1. The minimum Gasteiger partial charge on any atom is -0.480 e. The van der Waals surface area contributed by atoms with Crippen molar-refractivity contribution in [2.45, 2.75) is 38.8 Å². The molecular formula is C13H17N3O6. The van der Waals surface area contributed by atoms with Crippen LogP contribution in [0.15, 0.2) is 18.3 Å². The number of nitro groups is 1. The predicted octanol–water partition coefficient (Wildman–Crippen LogP) is 1.51. The van der Waals surface area contributed by atoms with Gasteiger partial charge in [0.05, 0.1) is 4.92 Å². The van der Waals surface area contributed by atoms with Gasteiger partial charge in [0.15, 0.2) is 0 Å². The number of rotatable bonds is 5. The van der Waals surface area contributed by atoms with Gasteiger partial charge < -0.3 is 15.2 Å². The molecule has 0 saturated carbocycles. The molecule has 0 spiro atoms. The maximum atomic E-state index is 11.6. The van der Waals surface area contributed by atoms with Crippen LogP contribution < -0.4 is 5.32 Å². The fourth-order valence-corrected chi connectivity index (χ4v) is 1.50. The largest absolute Gasteiger partial charge is 0.480 e. The molecule has 120 valence electrons. The SMILES string of the molecule is CC(C)(C)OC(=O)N[C@@H](Cc1ccc([N+](=O)[O-])cn1)C(=O)O. The van der Waals surface area contributed by atoms with E-state index in [4.69, 9.17) is 9.84 Å². The molecule has 1 heterocycles. The third-order valence-electron chi connectivity index (χ3n) is 2.42. The van der Waals surface area contributed by atoms with Crippen molar-refractivity contribution in [2.24, 2.45) is 0 Å². The van der Waals surface area contributed by atoms with Crippen molar-refractivity contribution in [1.82, 2.24) is 10.3 Å². The zero-order valence-corrected chi connectivity index (χ0v) is 12.4. The summed E-state index contributed by atoms with van der Waals surface area (Å²) in [6.45, 7) is 4.96. The van der Waals surface area contributed by atoms with Crippen molar-refractivity contribution in [3.8, 4) is 0 Å². The number of alkyl carbamates (subject to hydrolysis) is 1.